The van der Waals surface area contributed by atoms with E-state index in [4.69, 9.17) is 4.74 Å². The number of nitrogens with one attached hydrogen (secondary N) is 1. The molecule has 0 radical (unpaired) electrons. The minimum Gasteiger partial charge on any atom is -0.466 e. The number of hydrogen-bond donors (Lipinski definition) is 3. The van der Waals surface area contributed by atoms with Gasteiger partial charge >= 0.3 is 5.97 Å². The lowest BCUT2D eigenvalue weighted by Gasteiger charge is -2.22. The summed E-state index contributed by atoms with van der Waals surface area (Å²) in [6.45, 7) is 4.90. The zero-order chi connectivity index (χ0) is 48.6. The maximum Gasteiger partial charge on any atom is 0.305 e. The number of aliphatic hydroxyl groups is 2. The quantitative estimate of drug-likeness (QED) is 0.0244. The zero-order valence-corrected chi connectivity index (χ0v) is 44.9. The molecule has 0 heterocycles. The molecule has 2 unspecified atom stereocenters. The topological polar surface area (TPSA) is 95.9 Å². The first-order valence-corrected chi connectivity index (χ1v) is 29.8. The van der Waals surface area contributed by atoms with Gasteiger partial charge in [0.05, 0.1) is 25.4 Å². The molecule has 0 aliphatic carbocycles. The third-order valence-electron chi connectivity index (χ3n) is 13.7. The molecule has 2 atom stereocenters. The second kappa shape index (κ2) is 56.7. The van der Waals surface area contributed by atoms with Crippen LogP contribution in [0.15, 0.2) is 36.5 Å². The largest absolute Gasteiger partial charge is 0.466 e. The Morgan fingerprint density at radius 2 is 0.746 bits per heavy atom. The van der Waals surface area contributed by atoms with Gasteiger partial charge in [-0.3, -0.25) is 9.59 Å². The number of ether oxygens (including phenoxy) is 1. The number of rotatable bonds is 55. The summed E-state index contributed by atoms with van der Waals surface area (Å²) in [5, 5.41) is 23.3. The molecule has 0 aliphatic rings. The van der Waals surface area contributed by atoms with Crippen LogP contribution in [0.5, 0.6) is 0 Å². The van der Waals surface area contributed by atoms with Crippen molar-refractivity contribution in [2.45, 2.75) is 328 Å². The summed E-state index contributed by atoms with van der Waals surface area (Å²) in [5.41, 5.74) is 0. The molecule has 6 nitrogen and oxygen atoms in total. The van der Waals surface area contributed by atoms with Gasteiger partial charge in [-0.05, 0) is 83.5 Å². The van der Waals surface area contributed by atoms with Gasteiger partial charge in [0.1, 0.15) is 0 Å². The van der Waals surface area contributed by atoms with Crippen LogP contribution in [0.3, 0.4) is 0 Å². The van der Waals surface area contributed by atoms with E-state index in [1.807, 2.05) is 0 Å². The standard InChI is InChI=1S/C61H115NO5/c1-3-5-7-9-11-13-15-17-19-20-21-22-23-24-26-29-33-37-41-45-49-53-59(64)58(57-63)62-60(65)54-50-46-42-38-34-30-27-25-28-32-36-40-44-48-52-56-67-61(66)55-51-47-43-39-35-31-18-16-14-12-10-8-6-4-2/h16,18,25,28,32,36,58-59,63-64H,3-15,17,19-24,26-27,29-31,33-35,37-57H2,1-2H3,(H,62,65)/b18-16-,28-25-,36-32-. The number of aliphatic hydroxyl groups excluding tert-OH is 2. The van der Waals surface area contributed by atoms with Gasteiger partial charge in [-0.15, -0.1) is 0 Å². The van der Waals surface area contributed by atoms with Gasteiger partial charge in [0.15, 0.2) is 0 Å². The second-order valence-electron chi connectivity index (χ2n) is 20.4. The highest BCUT2D eigenvalue weighted by Gasteiger charge is 2.20. The van der Waals surface area contributed by atoms with Crippen LogP contribution in [0.1, 0.15) is 316 Å². The molecule has 67 heavy (non-hydrogen) atoms. The van der Waals surface area contributed by atoms with E-state index in [1.165, 1.54) is 205 Å². The van der Waals surface area contributed by atoms with Crippen molar-refractivity contribution in [3.05, 3.63) is 36.5 Å². The van der Waals surface area contributed by atoms with Crippen molar-refractivity contribution in [2.24, 2.45) is 0 Å². The van der Waals surface area contributed by atoms with Crippen LogP contribution >= 0.6 is 0 Å². The molecule has 0 bridgehead atoms. The molecule has 0 aromatic rings. The third-order valence-corrected chi connectivity index (χ3v) is 13.7. The fourth-order valence-corrected chi connectivity index (χ4v) is 9.10. The number of esters is 1. The maximum absolute atomic E-state index is 12.5. The minimum absolute atomic E-state index is 0.0299. The lowest BCUT2D eigenvalue weighted by atomic mass is 10.0. The van der Waals surface area contributed by atoms with Crippen LogP contribution < -0.4 is 5.32 Å². The zero-order valence-electron chi connectivity index (χ0n) is 44.9. The molecule has 0 rings (SSSR count). The van der Waals surface area contributed by atoms with Gasteiger partial charge in [-0.2, -0.15) is 0 Å². The molecule has 6 heteroatoms. The Morgan fingerprint density at radius 1 is 0.418 bits per heavy atom. The first kappa shape index (κ1) is 65.1. The molecule has 1 amide bonds. The lowest BCUT2D eigenvalue weighted by molar-refractivity contribution is -0.143. The third kappa shape index (κ3) is 53.3. The monoisotopic (exact) mass is 942 g/mol. The van der Waals surface area contributed by atoms with Crippen LogP contribution in [-0.4, -0.2) is 47.4 Å². The number of carbonyl (C=O) groups is 2. The summed E-state index contributed by atoms with van der Waals surface area (Å²) in [7, 11) is 0. The van der Waals surface area contributed by atoms with E-state index in [-0.39, 0.29) is 18.5 Å². The molecule has 0 aromatic carbocycles. The van der Waals surface area contributed by atoms with Crippen LogP contribution in [0.2, 0.25) is 0 Å². The lowest BCUT2D eigenvalue weighted by Crippen LogP contribution is -2.45. The molecule has 0 aromatic heterocycles. The number of unbranched alkanes of at least 4 members (excludes halogenated alkanes) is 39. The van der Waals surface area contributed by atoms with Crippen LogP contribution in [0.25, 0.3) is 0 Å². The molecular weight excluding hydrogens is 827 g/mol. The Kier molecular flexibility index (Phi) is 55.0. The molecule has 0 aliphatic heterocycles. The highest BCUT2D eigenvalue weighted by Crippen LogP contribution is 2.17. The van der Waals surface area contributed by atoms with E-state index in [1.54, 1.807) is 0 Å². The summed E-state index contributed by atoms with van der Waals surface area (Å²) < 4.78 is 5.44. The molecule has 0 spiro atoms. The number of allylic oxidation sites excluding steroid dienone is 6. The summed E-state index contributed by atoms with van der Waals surface area (Å²) in [4.78, 5) is 24.5. The van der Waals surface area contributed by atoms with Crippen molar-refractivity contribution in [3.8, 4) is 0 Å². The van der Waals surface area contributed by atoms with Gasteiger partial charge < -0.3 is 20.3 Å². The predicted molar refractivity (Wildman–Crippen MR) is 292 cm³/mol. The normalized spacial score (nSPS) is 12.8. The summed E-state index contributed by atoms with van der Waals surface area (Å²) in [6.07, 6.45) is 70.0. The van der Waals surface area contributed by atoms with Gasteiger partial charge in [0.25, 0.3) is 0 Å². The highest BCUT2D eigenvalue weighted by molar-refractivity contribution is 5.76. The Balaban J connectivity index is 3.52. The molecule has 394 valence electrons. The van der Waals surface area contributed by atoms with Crippen molar-refractivity contribution in [3.63, 3.8) is 0 Å². The first-order valence-electron chi connectivity index (χ1n) is 29.8. The SMILES string of the molecule is CCCCCCC/C=C\CCCCCCCC(=O)OCCCCC/C=C\C=C/CCCCCCCCC(=O)NC(CO)C(O)CCCCCCCCCCCCCCCCCCCCCCC. The number of hydrogen-bond acceptors (Lipinski definition) is 5. The number of carbonyl (C=O) groups excluding carboxylic acids is 2. The summed E-state index contributed by atoms with van der Waals surface area (Å²) >= 11 is 0. The summed E-state index contributed by atoms with van der Waals surface area (Å²) in [6, 6.07) is -0.560. The van der Waals surface area contributed by atoms with E-state index in [0.717, 1.165) is 77.0 Å². The molecule has 0 saturated heterocycles. The van der Waals surface area contributed by atoms with Gasteiger partial charge in [0, 0.05) is 12.8 Å². The molecule has 3 N–H and O–H groups in total. The average Bonchev–Trinajstić information content (AvgIpc) is 3.33. The van der Waals surface area contributed by atoms with Crippen LogP contribution in [0.4, 0.5) is 0 Å². The van der Waals surface area contributed by atoms with Crippen LogP contribution in [0, 0.1) is 0 Å². The Bertz CT molecular complexity index is 1090. The Hall–Kier alpha value is -1.92. The van der Waals surface area contributed by atoms with E-state index < -0.39 is 12.1 Å². The van der Waals surface area contributed by atoms with Crippen molar-refractivity contribution < 1.29 is 24.5 Å². The van der Waals surface area contributed by atoms with E-state index in [9.17, 15) is 19.8 Å². The van der Waals surface area contributed by atoms with Gasteiger partial charge in [-0.1, -0.05) is 256 Å². The predicted octanol–water partition coefficient (Wildman–Crippen LogP) is 18.4. The van der Waals surface area contributed by atoms with Crippen molar-refractivity contribution in [1.82, 2.24) is 5.32 Å². The molecule has 0 saturated carbocycles. The van der Waals surface area contributed by atoms with Crippen molar-refractivity contribution in [1.29, 1.82) is 0 Å². The fraction of sp³-hybridized carbons (Fsp3) is 0.869. The Labute approximate surface area is 417 Å². The second-order valence-corrected chi connectivity index (χ2v) is 20.4. The first-order chi connectivity index (χ1) is 33.0. The average molecular weight is 943 g/mol. The van der Waals surface area contributed by atoms with Crippen LogP contribution in [-0.2, 0) is 14.3 Å². The number of amides is 1. The Morgan fingerprint density at radius 3 is 1.15 bits per heavy atom. The van der Waals surface area contributed by atoms with E-state index in [0.29, 0.717) is 25.9 Å². The molecular formula is C61H115NO5. The van der Waals surface area contributed by atoms with Gasteiger partial charge in [-0.25, -0.2) is 0 Å². The highest BCUT2D eigenvalue weighted by atomic mass is 16.5. The van der Waals surface area contributed by atoms with Crippen molar-refractivity contribution >= 4 is 11.9 Å². The maximum atomic E-state index is 12.5. The fourth-order valence-electron chi connectivity index (χ4n) is 9.10. The van der Waals surface area contributed by atoms with E-state index in [2.05, 4.69) is 55.6 Å². The van der Waals surface area contributed by atoms with Gasteiger partial charge in [0.2, 0.25) is 5.91 Å². The van der Waals surface area contributed by atoms with Crippen molar-refractivity contribution in [2.75, 3.05) is 13.2 Å². The minimum atomic E-state index is -0.680. The smallest absolute Gasteiger partial charge is 0.305 e. The molecule has 0 fully saturated rings. The summed E-state index contributed by atoms with van der Waals surface area (Å²) in [5.74, 6) is -0.0854. The van der Waals surface area contributed by atoms with E-state index >= 15 is 0 Å².